The van der Waals surface area contributed by atoms with Crippen LogP contribution < -0.4 is 16.0 Å². The van der Waals surface area contributed by atoms with Crippen LogP contribution in [0, 0.1) is 0 Å². The maximum atomic E-state index is 6.06. The summed E-state index contributed by atoms with van der Waals surface area (Å²) in [4.78, 5) is 0. The van der Waals surface area contributed by atoms with Gasteiger partial charge in [0.1, 0.15) is 5.69 Å². The van der Waals surface area contributed by atoms with Gasteiger partial charge >= 0.3 is 0 Å². The molecule has 0 saturated heterocycles. The zero-order chi connectivity index (χ0) is 15.2. The number of aromatic nitrogens is 2. The molecular formula is C14H28N4O2. The van der Waals surface area contributed by atoms with Crippen LogP contribution in [0.1, 0.15) is 52.3 Å². The smallest absolute Gasteiger partial charge is 0.161 e. The third-order valence-corrected chi connectivity index (χ3v) is 3.96. The SMILES string of the molecule is CCOC(CC)(CC)C(NN)c1c(OC)cnn1CC. The highest BCUT2D eigenvalue weighted by Gasteiger charge is 2.40. The largest absolute Gasteiger partial charge is 0.493 e. The van der Waals surface area contributed by atoms with Crippen molar-refractivity contribution in [1.29, 1.82) is 0 Å². The lowest BCUT2D eigenvalue weighted by atomic mass is 9.86. The van der Waals surface area contributed by atoms with Crippen LogP contribution in [0.4, 0.5) is 0 Å². The van der Waals surface area contributed by atoms with E-state index in [4.69, 9.17) is 15.3 Å². The van der Waals surface area contributed by atoms with Crippen molar-refractivity contribution < 1.29 is 9.47 Å². The number of hydrazine groups is 1. The monoisotopic (exact) mass is 284 g/mol. The van der Waals surface area contributed by atoms with Gasteiger partial charge in [0.05, 0.1) is 24.9 Å². The summed E-state index contributed by atoms with van der Waals surface area (Å²) in [5.74, 6) is 6.59. The molecule has 1 unspecified atom stereocenters. The number of ether oxygens (including phenoxy) is 2. The van der Waals surface area contributed by atoms with Crippen LogP contribution in [0.15, 0.2) is 6.20 Å². The first-order chi connectivity index (χ1) is 9.63. The molecule has 6 heteroatoms. The number of nitrogens with zero attached hydrogens (tertiary/aromatic N) is 2. The predicted molar refractivity (Wildman–Crippen MR) is 79.5 cm³/mol. The summed E-state index contributed by atoms with van der Waals surface area (Å²) in [6.07, 6.45) is 3.43. The van der Waals surface area contributed by atoms with E-state index in [-0.39, 0.29) is 11.6 Å². The van der Waals surface area contributed by atoms with Crippen molar-refractivity contribution in [3.8, 4) is 5.75 Å². The molecular weight excluding hydrogens is 256 g/mol. The number of rotatable bonds is 9. The topological polar surface area (TPSA) is 74.3 Å². The summed E-state index contributed by atoms with van der Waals surface area (Å²) in [5.41, 5.74) is 3.48. The summed E-state index contributed by atoms with van der Waals surface area (Å²) in [5, 5.41) is 4.36. The van der Waals surface area contributed by atoms with Gasteiger partial charge in [0.15, 0.2) is 5.75 Å². The molecule has 0 aliphatic carbocycles. The zero-order valence-corrected chi connectivity index (χ0v) is 13.3. The molecule has 0 saturated carbocycles. The Bertz CT molecular complexity index is 380. The molecule has 1 rings (SSSR count). The van der Waals surface area contributed by atoms with Gasteiger partial charge in [-0.3, -0.25) is 10.5 Å². The number of methoxy groups -OCH3 is 1. The highest BCUT2D eigenvalue weighted by Crippen LogP contribution is 2.38. The van der Waals surface area contributed by atoms with Crippen LogP contribution in [0.3, 0.4) is 0 Å². The Labute approximate surface area is 121 Å². The highest BCUT2D eigenvalue weighted by atomic mass is 16.5. The van der Waals surface area contributed by atoms with Crippen molar-refractivity contribution in [3.05, 3.63) is 11.9 Å². The minimum absolute atomic E-state index is 0.171. The Morgan fingerprint density at radius 2 is 2.00 bits per heavy atom. The fraction of sp³-hybridized carbons (Fsp3) is 0.786. The Balaban J connectivity index is 3.32. The molecule has 1 heterocycles. The maximum absolute atomic E-state index is 6.06. The van der Waals surface area contributed by atoms with Gasteiger partial charge in [0, 0.05) is 13.2 Å². The summed E-state index contributed by atoms with van der Waals surface area (Å²) in [6.45, 7) is 9.67. The first-order valence-corrected chi connectivity index (χ1v) is 7.33. The highest BCUT2D eigenvalue weighted by molar-refractivity contribution is 5.30. The van der Waals surface area contributed by atoms with E-state index in [1.165, 1.54) is 0 Å². The van der Waals surface area contributed by atoms with Crippen LogP contribution >= 0.6 is 0 Å². The molecule has 20 heavy (non-hydrogen) atoms. The lowest BCUT2D eigenvalue weighted by Gasteiger charge is -2.39. The molecule has 0 aromatic carbocycles. The van der Waals surface area contributed by atoms with Crippen molar-refractivity contribution in [1.82, 2.24) is 15.2 Å². The Hall–Kier alpha value is -1.11. The van der Waals surface area contributed by atoms with Gasteiger partial charge < -0.3 is 9.47 Å². The van der Waals surface area contributed by atoms with Gasteiger partial charge in [-0.2, -0.15) is 5.10 Å². The first-order valence-electron chi connectivity index (χ1n) is 7.33. The summed E-state index contributed by atoms with van der Waals surface area (Å²) in [6, 6.07) is -0.171. The Morgan fingerprint density at radius 1 is 1.35 bits per heavy atom. The molecule has 0 bridgehead atoms. The third-order valence-electron chi connectivity index (χ3n) is 3.96. The maximum Gasteiger partial charge on any atom is 0.161 e. The molecule has 0 radical (unpaired) electrons. The van der Waals surface area contributed by atoms with Gasteiger partial charge in [-0.1, -0.05) is 13.8 Å². The molecule has 0 spiro atoms. The van der Waals surface area contributed by atoms with E-state index in [1.54, 1.807) is 13.3 Å². The molecule has 0 aliphatic heterocycles. The van der Waals surface area contributed by atoms with E-state index in [1.807, 2.05) is 18.5 Å². The van der Waals surface area contributed by atoms with Crippen molar-refractivity contribution in [2.24, 2.45) is 5.84 Å². The summed E-state index contributed by atoms with van der Waals surface area (Å²) >= 11 is 0. The molecule has 0 aliphatic rings. The fourth-order valence-electron chi connectivity index (χ4n) is 2.79. The lowest BCUT2D eigenvalue weighted by molar-refractivity contribution is -0.0756. The van der Waals surface area contributed by atoms with Crippen LogP contribution in [0.25, 0.3) is 0 Å². The second-order valence-corrected chi connectivity index (χ2v) is 4.72. The number of hydrogen-bond acceptors (Lipinski definition) is 5. The normalized spacial score (nSPS) is 13.5. The van der Waals surface area contributed by atoms with Crippen molar-refractivity contribution in [2.75, 3.05) is 13.7 Å². The molecule has 6 nitrogen and oxygen atoms in total. The van der Waals surface area contributed by atoms with Gasteiger partial charge in [-0.25, -0.2) is 5.43 Å². The molecule has 0 fully saturated rings. The van der Waals surface area contributed by atoms with Crippen molar-refractivity contribution in [2.45, 2.75) is 58.7 Å². The minimum atomic E-state index is -0.371. The van der Waals surface area contributed by atoms with E-state index in [0.29, 0.717) is 6.61 Å². The molecule has 0 amide bonds. The Kier molecular flexibility index (Phi) is 6.45. The van der Waals surface area contributed by atoms with E-state index in [2.05, 4.69) is 24.4 Å². The van der Waals surface area contributed by atoms with Gasteiger partial charge in [-0.15, -0.1) is 0 Å². The fourth-order valence-corrected chi connectivity index (χ4v) is 2.79. The third kappa shape index (κ3) is 2.97. The van der Waals surface area contributed by atoms with Crippen LogP contribution in [-0.2, 0) is 11.3 Å². The second kappa shape index (κ2) is 7.61. The van der Waals surface area contributed by atoms with E-state index < -0.39 is 0 Å². The molecule has 1 atom stereocenters. The predicted octanol–water partition coefficient (Wildman–Crippen LogP) is 2.01. The van der Waals surface area contributed by atoms with Crippen molar-refractivity contribution >= 4 is 0 Å². The van der Waals surface area contributed by atoms with Gasteiger partial charge in [-0.05, 0) is 26.7 Å². The van der Waals surface area contributed by atoms with Crippen LogP contribution in [0.2, 0.25) is 0 Å². The van der Waals surface area contributed by atoms with E-state index >= 15 is 0 Å². The Morgan fingerprint density at radius 3 is 2.40 bits per heavy atom. The zero-order valence-electron chi connectivity index (χ0n) is 13.3. The molecule has 3 N–H and O–H groups in total. The molecule has 1 aromatic rings. The van der Waals surface area contributed by atoms with Crippen LogP contribution in [0.5, 0.6) is 5.75 Å². The number of nitrogens with two attached hydrogens (primary N) is 1. The van der Waals surface area contributed by atoms with E-state index in [0.717, 1.165) is 30.8 Å². The minimum Gasteiger partial charge on any atom is -0.493 e. The number of hydrogen-bond donors (Lipinski definition) is 2. The average Bonchev–Trinajstić information content (AvgIpc) is 2.89. The summed E-state index contributed by atoms with van der Waals surface area (Å²) < 4.78 is 13.4. The lowest BCUT2D eigenvalue weighted by Crippen LogP contribution is -2.49. The van der Waals surface area contributed by atoms with Gasteiger partial charge in [0.25, 0.3) is 0 Å². The number of nitrogens with one attached hydrogen (secondary N) is 1. The van der Waals surface area contributed by atoms with Gasteiger partial charge in [0.2, 0.25) is 0 Å². The first kappa shape index (κ1) is 16.9. The second-order valence-electron chi connectivity index (χ2n) is 4.72. The van der Waals surface area contributed by atoms with E-state index in [9.17, 15) is 0 Å². The standard InChI is InChI=1S/C14H28N4O2/c1-6-14(7-2,20-9-4)13(17-15)12-11(19-5)10-16-18(12)8-3/h10,13,17H,6-9,15H2,1-5H3. The molecule has 116 valence electrons. The average molecular weight is 284 g/mol. The summed E-state index contributed by atoms with van der Waals surface area (Å²) in [7, 11) is 1.65. The number of aryl methyl sites for hydroxylation is 1. The van der Waals surface area contributed by atoms with Crippen molar-refractivity contribution in [3.63, 3.8) is 0 Å². The molecule has 1 aromatic heterocycles. The van der Waals surface area contributed by atoms with Crippen LogP contribution in [-0.4, -0.2) is 29.1 Å². The quantitative estimate of drug-likeness (QED) is 0.536.